The summed E-state index contributed by atoms with van der Waals surface area (Å²) < 4.78 is 0. The fourth-order valence-corrected chi connectivity index (χ4v) is 4.66. The predicted octanol–water partition coefficient (Wildman–Crippen LogP) is 3.94. The summed E-state index contributed by atoms with van der Waals surface area (Å²) in [5.74, 6) is -1.98. The van der Waals surface area contributed by atoms with Crippen molar-refractivity contribution in [3.8, 4) is 11.1 Å². The molecule has 142 valence electrons. The minimum absolute atomic E-state index is 0.0445. The van der Waals surface area contributed by atoms with E-state index < -0.39 is 17.7 Å². The second-order valence-corrected chi connectivity index (χ2v) is 7.59. The Labute approximate surface area is 168 Å². The van der Waals surface area contributed by atoms with Crippen molar-refractivity contribution in [2.75, 3.05) is 0 Å². The summed E-state index contributed by atoms with van der Waals surface area (Å²) in [6, 6.07) is 25.2. The van der Waals surface area contributed by atoms with Gasteiger partial charge in [-0.1, -0.05) is 78.9 Å². The van der Waals surface area contributed by atoms with Crippen LogP contribution in [-0.4, -0.2) is 22.6 Å². The molecule has 0 spiro atoms. The Kier molecular flexibility index (Phi) is 4.13. The maximum Gasteiger partial charge on any atom is 0.240 e. The molecule has 29 heavy (non-hydrogen) atoms. The van der Waals surface area contributed by atoms with Crippen molar-refractivity contribution in [1.82, 2.24) is 4.90 Å². The first-order chi connectivity index (χ1) is 14.1. The summed E-state index contributed by atoms with van der Waals surface area (Å²) in [7, 11) is 0. The lowest BCUT2D eigenvalue weighted by Gasteiger charge is -2.20. The van der Waals surface area contributed by atoms with E-state index in [4.69, 9.17) is 0 Å². The number of likely N-dealkylation sites (tertiary alicyclic amines) is 1. The van der Waals surface area contributed by atoms with Crippen LogP contribution < -0.4 is 0 Å². The molecule has 3 amide bonds. The van der Waals surface area contributed by atoms with Crippen LogP contribution in [-0.2, 0) is 20.8 Å². The van der Waals surface area contributed by atoms with E-state index in [9.17, 15) is 14.4 Å². The van der Waals surface area contributed by atoms with E-state index in [1.54, 1.807) is 0 Å². The van der Waals surface area contributed by atoms with E-state index in [0.717, 1.165) is 32.7 Å². The highest BCUT2D eigenvalue weighted by molar-refractivity contribution is 6.17. The third kappa shape index (κ3) is 2.80. The molecule has 2 aliphatic rings. The van der Waals surface area contributed by atoms with Crippen LogP contribution in [0, 0.1) is 5.92 Å². The van der Waals surface area contributed by atoms with Gasteiger partial charge in [-0.15, -0.1) is 0 Å². The van der Waals surface area contributed by atoms with Gasteiger partial charge in [0.05, 0.1) is 12.3 Å². The van der Waals surface area contributed by atoms with Gasteiger partial charge in [0.15, 0.2) is 0 Å². The summed E-state index contributed by atoms with van der Waals surface area (Å²) in [5, 5.41) is 0. The first-order valence-electron chi connectivity index (χ1n) is 9.77. The SMILES string of the molecule is O=C(Cc1ccccc1)N1C(=O)CC(C2c3ccccc3-c3ccccc32)C1=O. The van der Waals surface area contributed by atoms with Gasteiger partial charge in [-0.3, -0.25) is 14.4 Å². The van der Waals surface area contributed by atoms with Gasteiger partial charge in [-0.05, 0) is 27.8 Å². The van der Waals surface area contributed by atoms with E-state index in [1.807, 2.05) is 78.9 Å². The number of carbonyl (C=O) groups is 3. The smallest absolute Gasteiger partial charge is 0.240 e. The second kappa shape index (κ2) is 6.82. The number of hydrogen-bond acceptors (Lipinski definition) is 3. The van der Waals surface area contributed by atoms with E-state index >= 15 is 0 Å². The number of imide groups is 3. The van der Waals surface area contributed by atoms with E-state index in [0.29, 0.717) is 0 Å². The standard InChI is InChI=1S/C25H19NO3/c27-22(14-16-8-2-1-3-9-16)26-23(28)15-21(25(26)29)24-19-12-6-4-10-17(19)18-11-5-7-13-20(18)24/h1-13,21,24H,14-15H2. The molecular weight excluding hydrogens is 362 g/mol. The number of carbonyl (C=O) groups excluding carboxylic acids is 3. The van der Waals surface area contributed by atoms with E-state index in [2.05, 4.69) is 0 Å². The van der Waals surface area contributed by atoms with Gasteiger partial charge in [-0.2, -0.15) is 0 Å². The van der Waals surface area contributed by atoms with Crippen molar-refractivity contribution in [2.45, 2.75) is 18.8 Å². The minimum Gasteiger partial charge on any atom is -0.274 e. The van der Waals surface area contributed by atoms with Gasteiger partial charge >= 0.3 is 0 Å². The van der Waals surface area contributed by atoms with Crippen molar-refractivity contribution < 1.29 is 14.4 Å². The lowest BCUT2D eigenvalue weighted by molar-refractivity contribution is -0.149. The largest absolute Gasteiger partial charge is 0.274 e. The highest BCUT2D eigenvalue weighted by atomic mass is 16.2. The van der Waals surface area contributed by atoms with E-state index in [1.165, 1.54) is 0 Å². The topological polar surface area (TPSA) is 54.5 Å². The third-order valence-electron chi connectivity index (χ3n) is 5.91. The lowest BCUT2D eigenvalue weighted by atomic mass is 9.83. The molecule has 1 unspecified atom stereocenters. The zero-order valence-corrected chi connectivity index (χ0v) is 15.7. The van der Waals surface area contributed by atoms with Crippen LogP contribution in [0.1, 0.15) is 29.0 Å². The molecule has 0 saturated carbocycles. The van der Waals surface area contributed by atoms with Crippen molar-refractivity contribution in [3.05, 3.63) is 95.6 Å². The zero-order chi connectivity index (χ0) is 20.0. The number of hydrogen-bond donors (Lipinski definition) is 0. The highest BCUT2D eigenvalue weighted by Crippen LogP contribution is 2.50. The van der Waals surface area contributed by atoms with Gasteiger partial charge in [0, 0.05) is 12.3 Å². The quantitative estimate of drug-likeness (QED) is 0.646. The maximum atomic E-state index is 13.2. The first-order valence-corrected chi connectivity index (χ1v) is 9.77. The van der Waals surface area contributed by atoms with Crippen LogP contribution in [0.3, 0.4) is 0 Å². The number of benzene rings is 3. The highest BCUT2D eigenvalue weighted by Gasteiger charge is 2.48. The second-order valence-electron chi connectivity index (χ2n) is 7.59. The van der Waals surface area contributed by atoms with Crippen LogP contribution in [0.5, 0.6) is 0 Å². The summed E-state index contributed by atoms with van der Waals surface area (Å²) in [6.07, 6.45) is 0.107. The first kappa shape index (κ1) is 17.6. The lowest BCUT2D eigenvalue weighted by Crippen LogP contribution is -2.38. The average Bonchev–Trinajstić information content (AvgIpc) is 3.22. The molecule has 1 heterocycles. The fourth-order valence-electron chi connectivity index (χ4n) is 4.66. The molecular formula is C25H19NO3. The van der Waals surface area contributed by atoms with Crippen LogP contribution in [0.15, 0.2) is 78.9 Å². The zero-order valence-electron chi connectivity index (χ0n) is 15.7. The van der Waals surface area contributed by atoms with Crippen molar-refractivity contribution in [2.24, 2.45) is 5.92 Å². The van der Waals surface area contributed by atoms with Crippen molar-refractivity contribution in [3.63, 3.8) is 0 Å². The monoisotopic (exact) mass is 381 g/mol. The molecule has 4 heteroatoms. The summed E-state index contributed by atoms with van der Waals surface area (Å²) >= 11 is 0. The molecule has 3 aromatic carbocycles. The predicted molar refractivity (Wildman–Crippen MR) is 109 cm³/mol. The Hall–Kier alpha value is -3.53. The van der Waals surface area contributed by atoms with Gasteiger partial charge in [0.25, 0.3) is 0 Å². The number of fused-ring (bicyclic) bond motifs is 3. The number of rotatable bonds is 3. The van der Waals surface area contributed by atoms with Gasteiger partial charge in [0.1, 0.15) is 0 Å². The normalized spacial score (nSPS) is 18.1. The molecule has 0 aromatic heterocycles. The Bertz CT molecular complexity index is 1090. The Morgan fingerprint density at radius 2 is 1.34 bits per heavy atom. The van der Waals surface area contributed by atoms with Gasteiger partial charge in [-0.25, -0.2) is 4.90 Å². The summed E-state index contributed by atoms with van der Waals surface area (Å²) in [5.41, 5.74) is 5.09. The summed E-state index contributed by atoms with van der Waals surface area (Å²) in [4.78, 5) is 39.6. The Balaban J connectivity index is 1.48. The Morgan fingerprint density at radius 3 is 1.97 bits per heavy atom. The minimum atomic E-state index is -0.549. The van der Waals surface area contributed by atoms with E-state index in [-0.39, 0.29) is 24.7 Å². The molecule has 1 atom stereocenters. The van der Waals surface area contributed by atoms with Gasteiger partial charge < -0.3 is 0 Å². The average molecular weight is 381 g/mol. The van der Waals surface area contributed by atoms with Crippen molar-refractivity contribution >= 4 is 17.7 Å². The molecule has 0 bridgehead atoms. The molecule has 1 saturated heterocycles. The van der Waals surface area contributed by atoms with Gasteiger partial charge in [0.2, 0.25) is 17.7 Å². The van der Waals surface area contributed by atoms with Crippen LogP contribution in [0.4, 0.5) is 0 Å². The number of nitrogens with zero attached hydrogens (tertiary/aromatic N) is 1. The molecule has 0 N–H and O–H groups in total. The molecule has 3 aromatic rings. The van der Waals surface area contributed by atoms with Crippen LogP contribution in [0.2, 0.25) is 0 Å². The molecule has 1 fully saturated rings. The third-order valence-corrected chi connectivity index (χ3v) is 5.91. The fraction of sp³-hybridized carbons (Fsp3) is 0.160. The van der Waals surface area contributed by atoms with Crippen LogP contribution in [0.25, 0.3) is 11.1 Å². The Morgan fingerprint density at radius 1 is 0.793 bits per heavy atom. The maximum absolute atomic E-state index is 13.2. The molecule has 5 rings (SSSR count). The molecule has 1 aliphatic carbocycles. The molecule has 0 radical (unpaired) electrons. The summed E-state index contributed by atoms with van der Waals surface area (Å²) in [6.45, 7) is 0. The molecule has 1 aliphatic heterocycles. The number of amides is 3. The van der Waals surface area contributed by atoms with Crippen LogP contribution >= 0.6 is 0 Å². The molecule has 4 nitrogen and oxygen atoms in total. The van der Waals surface area contributed by atoms with Crippen molar-refractivity contribution in [1.29, 1.82) is 0 Å².